The van der Waals surface area contributed by atoms with Crippen LogP contribution in [0.25, 0.3) is 10.2 Å². The first-order valence-electron chi connectivity index (χ1n) is 6.63. The highest BCUT2D eigenvalue weighted by molar-refractivity contribution is 7.21. The molecule has 1 atom stereocenters. The second kappa shape index (κ2) is 6.84. The third-order valence-electron chi connectivity index (χ3n) is 3.17. The van der Waals surface area contributed by atoms with Crippen molar-refractivity contribution >= 4 is 33.1 Å². The number of nitrogen functional groups attached to an aromatic ring is 1. The van der Waals surface area contributed by atoms with Crippen LogP contribution in [0, 0.1) is 6.92 Å². The molecule has 0 bridgehead atoms. The first kappa shape index (κ1) is 15.7. The number of hydrogen-bond donors (Lipinski definition) is 3. The van der Waals surface area contributed by atoms with Gasteiger partial charge in [0.25, 0.3) is 5.91 Å². The van der Waals surface area contributed by atoms with Crippen molar-refractivity contribution in [3.05, 3.63) is 22.7 Å². The molecule has 0 radical (unpaired) electrons. The SMILES string of the molecule is COCC(O)CCNC(=O)c1sc2nccc(C)c2c1N. The Bertz CT molecular complexity index is 642. The van der Waals surface area contributed by atoms with E-state index in [9.17, 15) is 9.90 Å². The molecule has 0 fully saturated rings. The van der Waals surface area contributed by atoms with Gasteiger partial charge in [-0.1, -0.05) is 0 Å². The van der Waals surface area contributed by atoms with Gasteiger partial charge in [-0.25, -0.2) is 4.98 Å². The summed E-state index contributed by atoms with van der Waals surface area (Å²) in [5, 5.41) is 13.1. The van der Waals surface area contributed by atoms with Gasteiger partial charge in [0.1, 0.15) is 9.71 Å². The molecule has 114 valence electrons. The van der Waals surface area contributed by atoms with E-state index >= 15 is 0 Å². The Morgan fingerprint density at radius 2 is 2.38 bits per heavy atom. The molecule has 2 rings (SSSR count). The van der Waals surface area contributed by atoms with Gasteiger partial charge in [-0.2, -0.15) is 0 Å². The van der Waals surface area contributed by atoms with Gasteiger partial charge in [0.2, 0.25) is 0 Å². The number of rotatable bonds is 6. The van der Waals surface area contributed by atoms with Crippen LogP contribution in [0.1, 0.15) is 21.7 Å². The molecule has 0 aliphatic carbocycles. The lowest BCUT2D eigenvalue weighted by Gasteiger charge is -2.09. The lowest BCUT2D eigenvalue weighted by Crippen LogP contribution is -2.28. The monoisotopic (exact) mass is 309 g/mol. The van der Waals surface area contributed by atoms with E-state index in [0.29, 0.717) is 23.5 Å². The number of nitrogens with one attached hydrogen (secondary N) is 1. The number of carbonyl (C=O) groups is 1. The van der Waals surface area contributed by atoms with Gasteiger partial charge in [-0.3, -0.25) is 4.79 Å². The van der Waals surface area contributed by atoms with Gasteiger partial charge in [-0.05, 0) is 25.0 Å². The van der Waals surface area contributed by atoms with E-state index in [0.717, 1.165) is 15.8 Å². The average molecular weight is 309 g/mol. The van der Waals surface area contributed by atoms with E-state index < -0.39 is 6.10 Å². The fraction of sp³-hybridized carbons (Fsp3) is 0.429. The Hall–Kier alpha value is -1.70. The van der Waals surface area contributed by atoms with E-state index in [2.05, 4.69) is 10.3 Å². The number of carbonyl (C=O) groups excluding carboxylic acids is 1. The van der Waals surface area contributed by atoms with Gasteiger partial charge in [0.05, 0.1) is 18.4 Å². The van der Waals surface area contributed by atoms with Crippen molar-refractivity contribution in [3.63, 3.8) is 0 Å². The minimum Gasteiger partial charge on any atom is -0.397 e. The molecule has 0 aliphatic heterocycles. The maximum Gasteiger partial charge on any atom is 0.263 e. The largest absolute Gasteiger partial charge is 0.397 e. The Balaban J connectivity index is 2.06. The summed E-state index contributed by atoms with van der Waals surface area (Å²) in [6.45, 7) is 2.56. The molecule has 2 aromatic rings. The molecular weight excluding hydrogens is 290 g/mol. The van der Waals surface area contributed by atoms with Crippen LogP contribution >= 0.6 is 11.3 Å². The summed E-state index contributed by atoms with van der Waals surface area (Å²) in [4.78, 5) is 17.6. The third-order valence-corrected chi connectivity index (χ3v) is 4.28. The predicted octanol–water partition coefficient (Wildman–Crippen LogP) is 1.31. The molecule has 7 heteroatoms. The summed E-state index contributed by atoms with van der Waals surface area (Å²) in [5.41, 5.74) is 7.53. The number of anilines is 1. The Labute approximate surface area is 126 Å². The number of aryl methyl sites for hydroxylation is 1. The van der Waals surface area contributed by atoms with Gasteiger partial charge >= 0.3 is 0 Å². The smallest absolute Gasteiger partial charge is 0.263 e. The van der Waals surface area contributed by atoms with Crippen LogP contribution in [0.15, 0.2) is 12.3 Å². The van der Waals surface area contributed by atoms with Crippen LogP contribution in [-0.4, -0.2) is 42.4 Å². The minimum absolute atomic E-state index is 0.237. The number of ether oxygens (including phenoxy) is 1. The van der Waals surface area contributed by atoms with Gasteiger partial charge < -0.3 is 20.9 Å². The lowest BCUT2D eigenvalue weighted by molar-refractivity contribution is 0.0588. The van der Waals surface area contributed by atoms with Crippen molar-refractivity contribution in [1.82, 2.24) is 10.3 Å². The highest BCUT2D eigenvalue weighted by Gasteiger charge is 2.18. The Kier molecular flexibility index (Phi) is 5.11. The van der Waals surface area contributed by atoms with Crippen LogP contribution in [0.2, 0.25) is 0 Å². The Morgan fingerprint density at radius 3 is 3.05 bits per heavy atom. The molecule has 4 N–H and O–H groups in total. The number of hydrogen-bond acceptors (Lipinski definition) is 6. The normalized spacial score (nSPS) is 12.5. The highest BCUT2D eigenvalue weighted by atomic mass is 32.1. The number of fused-ring (bicyclic) bond motifs is 1. The van der Waals surface area contributed by atoms with Gasteiger partial charge in [-0.15, -0.1) is 11.3 Å². The van der Waals surface area contributed by atoms with Crippen molar-refractivity contribution < 1.29 is 14.6 Å². The van der Waals surface area contributed by atoms with Crippen LogP contribution < -0.4 is 11.1 Å². The van der Waals surface area contributed by atoms with Gasteiger partial charge in [0.15, 0.2) is 0 Å². The number of aromatic nitrogens is 1. The number of thiophene rings is 1. The standard InChI is InChI=1S/C14H19N3O3S/c1-8-3-5-17-14-10(8)11(15)12(21-14)13(19)16-6-4-9(18)7-20-2/h3,5,9,18H,4,6-7,15H2,1-2H3,(H,16,19). The maximum atomic E-state index is 12.2. The van der Waals surface area contributed by atoms with Crippen LogP contribution in [0.4, 0.5) is 5.69 Å². The highest BCUT2D eigenvalue weighted by Crippen LogP contribution is 2.34. The zero-order valence-electron chi connectivity index (χ0n) is 12.0. The number of aliphatic hydroxyl groups excluding tert-OH is 1. The zero-order chi connectivity index (χ0) is 15.4. The predicted molar refractivity (Wildman–Crippen MR) is 83.6 cm³/mol. The van der Waals surface area contributed by atoms with Crippen molar-refractivity contribution in [3.8, 4) is 0 Å². The first-order valence-corrected chi connectivity index (χ1v) is 7.45. The molecule has 0 saturated heterocycles. The molecule has 0 aliphatic rings. The summed E-state index contributed by atoms with van der Waals surface area (Å²) >= 11 is 1.28. The topological polar surface area (TPSA) is 97.5 Å². The van der Waals surface area contributed by atoms with E-state index in [1.807, 2.05) is 13.0 Å². The molecule has 1 amide bonds. The molecular formula is C14H19N3O3S. The van der Waals surface area contributed by atoms with E-state index in [4.69, 9.17) is 10.5 Å². The van der Waals surface area contributed by atoms with E-state index in [1.165, 1.54) is 18.4 Å². The molecule has 0 aromatic carbocycles. The summed E-state index contributed by atoms with van der Waals surface area (Å²) < 4.78 is 4.83. The van der Waals surface area contributed by atoms with Crippen LogP contribution in [0.3, 0.4) is 0 Å². The number of pyridine rings is 1. The van der Waals surface area contributed by atoms with Crippen LogP contribution in [0.5, 0.6) is 0 Å². The minimum atomic E-state index is -0.584. The van der Waals surface area contributed by atoms with Gasteiger partial charge in [0, 0.05) is 25.2 Å². The number of aliphatic hydroxyl groups is 1. The molecule has 2 heterocycles. The molecule has 0 saturated carbocycles. The molecule has 6 nitrogen and oxygen atoms in total. The summed E-state index contributed by atoms with van der Waals surface area (Å²) in [5.74, 6) is -0.237. The second-order valence-corrected chi connectivity index (χ2v) is 5.81. The fourth-order valence-electron chi connectivity index (χ4n) is 2.08. The second-order valence-electron chi connectivity index (χ2n) is 4.81. The van der Waals surface area contributed by atoms with Crippen molar-refractivity contribution in [2.75, 3.05) is 26.0 Å². The van der Waals surface area contributed by atoms with Crippen LogP contribution in [-0.2, 0) is 4.74 Å². The van der Waals surface area contributed by atoms with E-state index in [-0.39, 0.29) is 12.5 Å². The molecule has 0 spiro atoms. The molecule has 21 heavy (non-hydrogen) atoms. The molecule has 1 unspecified atom stereocenters. The zero-order valence-corrected chi connectivity index (χ0v) is 12.9. The number of methoxy groups -OCH3 is 1. The number of nitrogens with zero attached hydrogens (tertiary/aromatic N) is 1. The fourth-order valence-corrected chi connectivity index (χ4v) is 3.14. The van der Waals surface area contributed by atoms with Crippen molar-refractivity contribution in [2.24, 2.45) is 0 Å². The molecule has 2 aromatic heterocycles. The maximum absolute atomic E-state index is 12.2. The Morgan fingerprint density at radius 1 is 1.62 bits per heavy atom. The number of amides is 1. The van der Waals surface area contributed by atoms with E-state index in [1.54, 1.807) is 6.20 Å². The summed E-state index contributed by atoms with van der Waals surface area (Å²) in [7, 11) is 1.52. The number of nitrogens with two attached hydrogens (primary N) is 1. The lowest BCUT2D eigenvalue weighted by atomic mass is 10.1. The third kappa shape index (κ3) is 3.49. The first-order chi connectivity index (χ1) is 10.0. The quantitative estimate of drug-likeness (QED) is 0.747. The summed E-state index contributed by atoms with van der Waals surface area (Å²) in [6.07, 6.45) is 1.55. The summed E-state index contributed by atoms with van der Waals surface area (Å²) in [6, 6.07) is 1.87. The van der Waals surface area contributed by atoms with Crippen molar-refractivity contribution in [2.45, 2.75) is 19.4 Å². The van der Waals surface area contributed by atoms with Crippen molar-refractivity contribution in [1.29, 1.82) is 0 Å². The average Bonchev–Trinajstić information content (AvgIpc) is 2.78.